The highest BCUT2D eigenvalue weighted by Crippen LogP contribution is 2.44. The summed E-state index contributed by atoms with van der Waals surface area (Å²) >= 11 is 0. The maximum Gasteiger partial charge on any atom is 0.328 e. The van der Waals surface area contributed by atoms with Crippen LogP contribution in [0.3, 0.4) is 0 Å². The fraction of sp³-hybridized carbons (Fsp3) is 0.450. The number of piperidine rings is 1. The van der Waals surface area contributed by atoms with Crippen LogP contribution in [0, 0.1) is 11.7 Å². The molecule has 1 aromatic carbocycles. The number of aryl methyl sites for hydroxylation is 1. The number of ether oxygens (including phenoxy) is 1. The maximum atomic E-state index is 13.8. The summed E-state index contributed by atoms with van der Waals surface area (Å²) in [5, 5.41) is 21.2. The van der Waals surface area contributed by atoms with Gasteiger partial charge in [0, 0.05) is 49.7 Å². The monoisotopic (exact) mass is 405 g/mol. The lowest BCUT2D eigenvalue weighted by Gasteiger charge is -2.16. The van der Waals surface area contributed by atoms with Gasteiger partial charge in [0.25, 0.3) is 0 Å². The van der Waals surface area contributed by atoms with Gasteiger partial charge in [0.2, 0.25) is 0 Å². The Balaban J connectivity index is 0.000000258. The molecule has 0 radical (unpaired) electrons. The van der Waals surface area contributed by atoms with Gasteiger partial charge in [-0.25, -0.2) is 14.0 Å². The topological polar surface area (TPSA) is 105 Å². The summed E-state index contributed by atoms with van der Waals surface area (Å²) in [6.45, 7) is 2.27. The van der Waals surface area contributed by atoms with E-state index in [2.05, 4.69) is 10.00 Å². The first-order valence-corrected chi connectivity index (χ1v) is 9.37. The second kappa shape index (κ2) is 8.60. The van der Waals surface area contributed by atoms with Crippen LogP contribution < -0.4 is 4.74 Å². The number of hydrogen-bond acceptors (Lipinski definition) is 5. The van der Waals surface area contributed by atoms with Crippen LogP contribution in [-0.2, 0) is 23.1 Å². The van der Waals surface area contributed by atoms with Crippen LogP contribution in [0.1, 0.15) is 18.5 Å². The number of aliphatic carboxylic acids is 2. The lowest BCUT2D eigenvalue weighted by molar-refractivity contribution is -0.134. The van der Waals surface area contributed by atoms with Crippen LogP contribution in [0.4, 0.5) is 4.39 Å². The van der Waals surface area contributed by atoms with E-state index in [0.29, 0.717) is 17.9 Å². The van der Waals surface area contributed by atoms with Crippen molar-refractivity contribution < 1.29 is 28.9 Å². The molecular formula is C20H24FN3O5. The average Bonchev–Trinajstić information content (AvgIpc) is 3.25. The summed E-state index contributed by atoms with van der Waals surface area (Å²) in [4.78, 5) is 21.7. The number of carboxylic acid groups (broad SMARTS) is 2. The zero-order chi connectivity index (χ0) is 21.1. The molecule has 1 aliphatic heterocycles. The third kappa shape index (κ3) is 4.92. The molecule has 2 unspecified atom stereocenters. The molecule has 2 aliphatic rings. The second-order valence-corrected chi connectivity index (χ2v) is 7.22. The molecule has 4 rings (SSSR count). The van der Waals surface area contributed by atoms with Gasteiger partial charge in [-0.15, -0.1) is 0 Å². The van der Waals surface area contributed by atoms with Gasteiger partial charge in [0.15, 0.2) is 11.6 Å². The van der Waals surface area contributed by atoms with E-state index in [9.17, 15) is 14.0 Å². The van der Waals surface area contributed by atoms with E-state index in [1.54, 1.807) is 10.7 Å². The van der Waals surface area contributed by atoms with Crippen molar-refractivity contribution in [3.05, 3.63) is 35.8 Å². The number of nitrogens with zero attached hydrogens (tertiary/aromatic N) is 3. The van der Waals surface area contributed by atoms with E-state index >= 15 is 0 Å². The van der Waals surface area contributed by atoms with E-state index in [-0.39, 0.29) is 5.82 Å². The van der Waals surface area contributed by atoms with E-state index in [1.807, 2.05) is 7.05 Å². The number of carboxylic acids is 2. The molecule has 0 bridgehead atoms. The van der Waals surface area contributed by atoms with Crippen LogP contribution in [-0.4, -0.2) is 63.1 Å². The Labute approximate surface area is 167 Å². The van der Waals surface area contributed by atoms with Crippen molar-refractivity contribution in [2.45, 2.75) is 25.3 Å². The zero-order valence-corrected chi connectivity index (χ0v) is 16.3. The molecule has 1 saturated heterocycles. The molecule has 8 nitrogen and oxygen atoms in total. The van der Waals surface area contributed by atoms with Crippen LogP contribution in [0.25, 0.3) is 10.9 Å². The van der Waals surface area contributed by atoms with Gasteiger partial charge in [-0.05, 0) is 31.4 Å². The highest BCUT2D eigenvalue weighted by atomic mass is 19.1. The summed E-state index contributed by atoms with van der Waals surface area (Å²) in [6, 6.07) is 4.11. The molecule has 0 amide bonds. The predicted molar refractivity (Wildman–Crippen MR) is 103 cm³/mol. The average molecular weight is 405 g/mol. The molecule has 9 heteroatoms. The lowest BCUT2D eigenvalue weighted by Crippen LogP contribution is -2.25. The summed E-state index contributed by atoms with van der Waals surface area (Å²) in [7, 11) is 3.36. The Morgan fingerprint density at radius 3 is 2.52 bits per heavy atom. The third-order valence-corrected chi connectivity index (χ3v) is 5.35. The minimum Gasteiger partial charge on any atom is -0.494 e. The van der Waals surface area contributed by atoms with E-state index in [1.165, 1.54) is 32.6 Å². The van der Waals surface area contributed by atoms with Gasteiger partial charge in [0.05, 0.1) is 18.3 Å². The van der Waals surface area contributed by atoms with Gasteiger partial charge in [-0.3, -0.25) is 9.58 Å². The molecule has 2 fully saturated rings. The predicted octanol–water partition coefficient (Wildman–Crippen LogP) is 2.07. The zero-order valence-electron chi connectivity index (χ0n) is 16.3. The normalized spacial score (nSPS) is 20.4. The number of likely N-dealkylation sites (tertiary alicyclic amines) is 1. The van der Waals surface area contributed by atoms with Crippen molar-refractivity contribution >= 4 is 22.8 Å². The van der Waals surface area contributed by atoms with Crippen molar-refractivity contribution in [3.8, 4) is 5.75 Å². The molecule has 29 heavy (non-hydrogen) atoms. The fourth-order valence-electron chi connectivity index (χ4n) is 3.83. The maximum absolute atomic E-state index is 13.8. The van der Waals surface area contributed by atoms with Crippen molar-refractivity contribution in [1.82, 2.24) is 14.7 Å². The molecule has 2 N–H and O–H groups in total. The van der Waals surface area contributed by atoms with Crippen molar-refractivity contribution in [1.29, 1.82) is 0 Å². The Hall–Kier alpha value is -2.94. The number of fused-ring (bicyclic) bond motifs is 2. The quantitative estimate of drug-likeness (QED) is 0.709. The van der Waals surface area contributed by atoms with Gasteiger partial charge >= 0.3 is 11.9 Å². The number of halogens is 1. The highest BCUT2D eigenvalue weighted by molar-refractivity contribution is 5.89. The van der Waals surface area contributed by atoms with E-state index in [0.717, 1.165) is 41.5 Å². The number of aromatic nitrogens is 2. The summed E-state index contributed by atoms with van der Waals surface area (Å²) < 4.78 is 20.7. The summed E-state index contributed by atoms with van der Waals surface area (Å²) in [6.07, 6.45) is 4.76. The van der Waals surface area contributed by atoms with Crippen LogP contribution >= 0.6 is 0 Å². The molecule has 1 aromatic heterocycles. The molecule has 2 aromatic rings. The summed E-state index contributed by atoms with van der Waals surface area (Å²) in [5.74, 6) is -1.60. The Bertz CT molecular complexity index is 939. The Morgan fingerprint density at radius 1 is 1.31 bits per heavy atom. The first-order valence-electron chi connectivity index (χ1n) is 9.37. The van der Waals surface area contributed by atoms with Crippen molar-refractivity contribution in [2.24, 2.45) is 13.0 Å². The highest BCUT2D eigenvalue weighted by Gasteiger charge is 2.46. The number of hydrogen-bond donors (Lipinski definition) is 2. The largest absolute Gasteiger partial charge is 0.494 e. The Morgan fingerprint density at radius 2 is 2.00 bits per heavy atom. The molecular weight excluding hydrogens is 381 g/mol. The second-order valence-electron chi connectivity index (χ2n) is 7.22. The standard InChI is InChI=1S/C16H20FN3O.C4H4O4/c1-19-15-9-12(17)16(21-2)8-11(15)13(18-19)4-6-20-5-3-10-7-14(10)20;5-3(6)1-2-4(7)8/h8-10,14H,3-7H2,1-2H3;1-2H,(H,5,6)(H,7,8)/b;2-1+. The molecule has 2 atom stereocenters. The number of carbonyl (C=O) groups is 2. The number of benzene rings is 1. The van der Waals surface area contributed by atoms with Gasteiger partial charge in [0.1, 0.15) is 0 Å². The Kier molecular flexibility index (Phi) is 6.17. The fourth-order valence-corrected chi connectivity index (χ4v) is 3.83. The lowest BCUT2D eigenvalue weighted by atomic mass is 10.1. The van der Waals surface area contributed by atoms with Crippen LogP contribution in [0.15, 0.2) is 24.3 Å². The third-order valence-electron chi connectivity index (χ3n) is 5.35. The molecule has 156 valence electrons. The van der Waals surface area contributed by atoms with E-state index < -0.39 is 11.9 Å². The first kappa shape index (κ1) is 20.8. The molecule has 2 heterocycles. The van der Waals surface area contributed by atoms with E-state index in [4.69, 9.17) is 14.9 Å². The first-order chi connectivity index (χ1) is 13.8. The van der Waals surface area contributed by atoms with Gasteiger partial charge < -0.3 is 14.9 Å². The number of methoxy groups -OCH3 is 1. The van der Waals surface area contributed by atoms with Crippen molar-refractivity contribution in [3.63, 3.8) is 0 Å². The minimum absolute atomic E-state index is 0.292. The smallest absolute Gasteiger partial charge is 0.328 e. The molecule has 1 saturated carbocycles. The number of rotatable bonds is 6. The van der Waals surface area contributed by atoms with Gasteiger partial charge in [-0.2, -0.15) is 5.10 Å². The van der Waals surface area contributed by atoms with Crippen LogP contribution in [0.2, 0.25) is 0 Å². The molecule has 0 spiro atoms. The van der Waals surface area contributed by atoms with Crippen LogP contribution in [0.5, 0.6) is 5.75 Å². The summed E-state index contributed by atoms with van der Waals surface area (Å²) in [5.41, 5.74) is 1.86. The minimum atomic E-state index is -1.26. The van der Waals surface area contributed by atoms with Crippen molar-refractivity contribution in [2.75, 3.05) is 20.2 Å². The molecule has 1 aliphatic carbocycles. The van der Waals surface area contributed by atoms with Gasteiger partial charge in [-0.1, -0.05) is 0 Å². The SMILES string of the molecule is COc1cc2c(CCN3CCC4CC43)nn(C)c2cc1F.O=C(O)/C=C/C(=O)O.